The minimum atomic E-state index is -0.776. The van der Waals surface area contributed by atoms with Gasteiger partial charge in [-0.25, -0.2) is 0 Å². The molecule has 0 amide bonds. The standard InChI is InChI=1S/C14H15N3O3/c1-9-15-13(16-20-9)8-17-7-10(6-14(18)19)11-4-2-3-5-12(11)17/h2-5,10H,6-8H2,1H3,(H,18,19). The van der Waals surface area contributed by atoms with Crippen molar-refractivity contribution in [1.82, 2.24) is 10.1 Å². The number of aryl methyl sites for hydroxylation is 1. The predicted octanol–water partition coefficient (Wildman–Crippen LogP) is 1.96. The molecule has 1 aliphatic rings. The van der Waals surface area contributed by atoms with Gasteiger partial charge in [0.1, 0.15) is 0 Å². The quantitative estimate of drug-likeness (QED) is 0.917. The van der Waals surface area contributed by atoms with Gasteiger partial charge in [0.05, 0.1) is 13.0 Å². The van der Waals surface area contributed by atoms with Crippen molar-refractivity contribution < 1.29 is 14.4 Å². The van der Waals surface area contributed by atoms with Crippen LogP contribution in [0.4, 0.5) is 5.69 Å². The number of hydrogen-bond donors (Lipinski definition) is 1. The fourth-order valence-corrected chi connectivity index (χ4v) is 2.69. The Morgan fingerprint density at radius 2 is 2.30 bits per heavy atom. The molecule has 1 N–H and O–H groups in total. The fourth-order valence-electron chi connectivity index (χ4n) is 2.69. The third kappa shape index (κ3) is 2.36. The van der Waals surface area contributed by atoms with E-state index in [9.17, 15) is 4.79 Å². The molecule has 2 aromatic rings. The molecule has 0 bridgehead atoms. The molecule has 20 heavy (non-hydrogen) atoms. The molecule has 6 heteroatoms. The zero-order valence-electron chi connectivity index (χ0n) is 11.1. The lowest BCUT2D eigenvalue weighted by molar-refractivity contribution is -0.137. The van der Waals surface area contributed by atoms with E-state index in [1.54, 1.807) is 6.92 Å². The molecule has 0 saturated heterocycles. The van der Waals surface area contributed by atoms with E-state index < -0.39 is 5.97 Å². The third-order valence-electron chi connectivity index (χ3n) is 3.48. The number of rotatable bonds is 4. The number of aliphatic carboxylic acids is 1. The van der Waals surface area contributed by atoms with Gasteiger partial charge in [0.2, 0.25) is 5.89 Å². The molecule has 1 aromatic heterocycles. The Morgan fingerprint density at radius 1 is 1.50 bits per heavy atom. The molecule has 1 atom stereocenters. The van der Waals surface area contributed by atoms with Crippen molar-refractivity contribution in [3.8, 4) is 0 Å². The topological polar surface area (TPSA) is 79.5 Å². The second-order valence-corrected chi connectivity index (χ2v) is 4.96. The summed E-state index contributed by atoms with van der Waals surface area (Å²) in [6.45, 7) is 2.95. The molecule has 1 unspecified atom stereocenters. The molecule has 0 spiro atoms. The van der Waals surface area contributed by atoms with Gasteiger partial charge in [-0.1, -0.05) is 23.4 Å². The van der Waals surface area contributed by atoms with E-state index in [4.69, 9.17) is 9.63 Å². The molecular formula is C14H15N3O3. The van der Waals surface area contributed by atoms with Crippen LogP contribution in [0.3, 0.4) is 0 Å². The zero-order valence-corrected chi connectivity index (χ0v) is 11.1. The predicted molar refractivity (Wildman–Crippen MR) is 71.5 cm³/mol. The minimum absolute atomic E-state index is 0.0108. The van der Waals surface area contributed by atoms with Gasteiger partial charge in [-0.05, 0) is 11.6 Å². The van der Waals surface area contributed by atoms with Crippen LogP contribution in [0.2, 0.25) is 0 Å². The Morgan fingerprint density at radius 3 is 3.00 bits per heavy atom. The van der Waals surface area contributed by atoms with Crippen LogP contribution in [-0.2, 0) is 11.3 Å². The fraction of sp³-hybridized carbons (Fsp3) is 0.357. The number of carboxylic acids is 1. The van der Waals surface area contributed by atoms with Gasteiger partial charge in [0.25, 0.3) is 0 Å². The average molecular weight is 273 g/mol. The maximum absolute atomic E-state index is 11.0. The smallest absolute Gasteiger partial charge is 0.304 e. The van der Waals surface area contributed by atoms with E-state index in [1.807, 2.05) is 24.3 Å². The van der Waals surface area contributed by atoms with Crippen LogP contribution in [0, 0.1) is 6.92 Å². The Labute approximate surface area is 116 Å². The summed E-state index contributed by atoms with van der Waals surface area (Å²) >= 11 is 0. The Bertz CT molecular complexity index is 638. The second-order valence-electron chi connectivity index (χ2n) is 4.96. The van der Waals surface area contributed by atoms with Crippen molar-refractivity contribution in [3.63, 3.8) is 0 Å². The molecule has 104 valence electrons. The molecule has 1 aromatic carbocycles. The number of carboxylic acid groups (broad SMARTS) is 1. The lowest BCUT2D eigenvalue weighted by atomic mass is 9.98. The summed E-state index contributed by atoms with van der Waals surface area (Å²) in [5, 5.41) is 12.9. The van der Waals surface area contributed by atoms with Gasteiger partial charge in [0.15, 0.2) is 5.82 Å². The maximum atomic E-state index is 11.0. The van der Waals surface area contributed by atoms with Crippen molar-refractivity contribution >= 4 is 11.7 Å². The number of hydrogen-bond acceptors (Lipinski definition) is 5. The van der Waals surface area contributed by atoms with E-state index in [-0.39, 0.29) is 12.3 Å². The second kappa shape index (κ2) is 4.96. The van der Waals surface area contributed by atoms with Crippen LogP contribution in [0.5, 0.6) is 0 Å². The van der Waals surface area contributed by atoms with E-state index in [1.165, 1.54) is 0 Å². The van der Waals surface area contributed by atoms with Crippen LogP contribution in [0.25, 0.3) is 0 Å². The maximum Gasteiger partial charge on any atom is 0.304 e. The van der Waals surface area contributed by atoms with Crippen LogP contribution >= 0.6 is 0 Å². The summed E-state index contributed by atoms with van der Waals surface area (Å²) in [7, 11) is 0. The molecular weight excluding hydrogens is 258 g/mol. The van der Waals surface area contributed by atoms with Crippen molar-refractivity contribution in [3.05, 3.63) is 41.5 Å². The van der Waals surface area contributed by atoms with E-state index >= 15 is 0 Å². The van der Waals surface area contributed by atoms with Gasteiger partial charge in [-0.15, -0.1) is 0 Å². The molecule has 0 aliphatic carbocycles. The number of fused-ring (bicyclic) bond motifs is 1. The molecule has 1 aliphatic heterocycles. The first-order valence-electron chi connectivity index (χ1n) is 6.48. The first-order chi connectivity index (χ1) is 9.63. The lowest BCUT2D eigenvalue weighted by Crippen LogP contribution is -2.22. The Balaban J connectivity index is 1.84. The lowest BCUT2D eigenvalue weighted by Gasteiger charge is -2.17. The highest BCUT2D eigenvalue weighted by Gasteiger charge is 2.30. The highest BCUT2D eigenvalue weighted by Crippen LogP contribution is 2.38. The average Bonchev–Trinajstić information content (AvgIpc) is 2.95. The highest BCUT2D eigenvalue weighted by atomic mass is 16.5. The largest absolute Gasteiger partial charge is 0.481 e. The summed E-state index contributed by atoms with van der Waals surface area (Å²) in [6, 6.07) is 7.89. The molecule has 0 saturated carbocycles. The Hall–Kier alpha value is -2.37. The zero-order chi connectivity index (χ0) is 14.1. The molecule has 3 rings (SSSR count). The van der Waals surface area contributed by atoms with Gasteiger partial charge < -0.3 is 14.5 Å². The van der Waals surface area contributed by atoms with Crippen LogP contribution in [-0.4, -0.2) is 27.8 Å². The molecule has 0 fully saturated rings. The van der Waals surface area contributed by atoms with Crippen LogP contribution in [0.1, 0.15) is 29.6 Å². The molecule has 2 heterocycles. The van der Waals surface area contributed by atoms with Gasteiger partial charge in [0, 0.05) is 25.1 Å². The summed E-state index contributed by atoms with van der Waals surface area (Å²) in [4.78, 5) is 17.3. The first-order valence-corrected chi connectivity index (χ1v) is 6.48. The number of aromatic nitrogens is 2. The van der Waals surface area contributed by atoms with Crippen molar-refractivity contribution in [2.45, 2.75) is 25.8 Å². The number of para-hydroxylation sites is 1. The minimum Gasteiger partial charge on any atom is -0.481 e. The number of carbonyl (C=O) groups is 1. The van der Waals surface area contributed by atoms with Gasteiger partial charge >= 0.3 is 5.97 Å². The normalized spacial score (nSPS) is 17.2. The highest BCUT2D eigenvalue weighted by molar-refractivity contribution is 5.71. The van der Waals surface area contributed by atoms with Gasteiger partial charge in [-0.2, -0.15) is 4.98 Å². The number of nitrogens with zero attached hydrogens (tertiary/aromatic N) is 3. The van der Waals surface area contributed by atoms with Crippen molar-refractivity contribution in [2.75, 3.05) is 11.4 Å². The van der Waals surface area contributed by atoms with E-state index in [0.29, 0.717) is 24.8 Å². The SMILES string of the molecule is Cc1nc(CN2CC(CC(=O)O)c3ccccc32)no1. The third-order valence-corrected chi connectivity index (χ3v) is 3.48. The van der Waals surface area contributed by atoms with E-state index in [0.717, 1.165) is 11.3 Å². The van der Waals surface area contributed by atoms with Crippen LogP contribution in [0.15, 0.2) is 28.8 Å². The van der Waals surface area contributed by atoms with Crippen LogP contribution < -0.4 is 4.90 Å². The number of anilines is 1. The molecule has 6 nitrogen and oxygen atoms in total. The monoisotopic (exact) mass is 273 g/mol. The number of benzene rings is 1. The van der Waals surface area contributed by atoms with Crippen molar-refractivity contribution in [1.29, 1.82) is 0 Å². The van der Waals surface area contributed by atoms with E-state index in [2.05, 4.69) is 15.0 Å². The summed E-state index contributed by atoms with van der Waals surface area (Å²) in [5.41, 5.74) is 2.14. The van der Waals surface area contributed by atoms with Gasteiger partial charge in [-0.3, -0.25) is 4.79 Å². The molecule has 0 radical (unpaired) electrons. The Kier molecular flexibility index (Phi) is 3.14. The summed E-state index contributed by atoms with van der Waals surface area (Å²) < 4.78 is 4.97. The first kappa shape index (κ1) is 12.7. The summed E-state index contributed by atoms with van der Waals surface area (Å²) in [5.74, 6) is 0.390. The van der Waals surface area contributed by atoms with Crippen molar-refractivity contribution in [2.24, 2.45) is 0 Å². The summed E-state index contributed by atoms with van der Waals surface area (Å²) in [6.07, 6.45) is 0.138.